The molecule has 0 aliphatic carbocycles. The minimum absolute atomic E-state index is 0.0570. The fraction of sp³-hybridized carbons (Fsp3) is 0.235. The summed E-state index contributed by atoms with van der Waals surface area (Å²) in [7, 11) is 0. The largest absolute Gasteiger partial charge is 0.493 e. The van der Waals surface area contributed by atoms with Crippen molar-refractivity contribution in [3.63, 3.8) is 0 Å². The molecule has 3 N–H and O–H groups in total. The van der Waals surface area contributed by atoms with Gasteiger partial charge in [0.05, 0.1) is 24.4 Å². The van der Waals surface area contributed by atoms with Crippen LogP contribution >= 0.6 is 0 Å². The van der Waals surface area contributed by atoms with Crippen molar-refractivity contribution in [1.29, 1.82) is 5.26 Å². The minimum atomic E-state index is -0.691. The van der Waals surface area contributed by atoms with Crippen LogP contribution in [0.3, 0.4) is 0 Å². The number of benzene rings is 1. The summed E-state index contributed by atoms with van der Waals surface area (Å²) in [5, 5.41) is 9.54. The standard InChI is InChI=1S/C17H16N4O3/c1-2-7-23-12-6-4-3-5-10(12)13-11(8-18)15(19)24-17-14(13)16(22)20-9-21-17/h3-6,9,13H,2,7,19H2,1H3,(H,20,21,22). The molecule has 122 valence electrons. The van der Waals surface area contributed by atoms with E-state index in [0.717, 1.165) is 6.42 Å². The van der Waals surface area contributed by atoms with Gasteiger partial charge >= 0.3 is 0 Å². The highest BCUT2D eigenvalue weighted by atomic mass is 16.5. The lowest BCUT2D eigenvalue weighted by molar-refractivity contribution is 0.312. The van der Waals surface area contributed by atoms with Crippen LogP contribution in [0.4, 0.5) is 0 Å². The third kappa shape index (κ3) is 2.58. The molecule has 2 aromatic rings. The SMILES string of the molecule is CCCOc1ccccc1C1C(C#N)=C(N)Oc2nc[nH]c(=O)c21. The minimum Gasteiger partial charge on any atom is -0.493 e. The fourth-order valence-corrected chi connectivity index (χ4v) is 2.67. The summed E-state index contributed by atoms with van der Waals surface area (Å²) >= 11 is 0. The number of H-pyrrole nitrogens is 1. The molecule has 0 radical (unpaired) electrons. The van der Waals surface area contributed by atoms with E-state index in [2.05, 4.69) is 9.97 Å². The maximum absolute atomic E-state index is 12.4. The molecule has 2 heterocycles. The van der Waals surface area contributed by atoms with Gasteiger partial charge in [0.15, 0.2) is 0 Å². The smallest absolute Gasteiger partial charge is 0.258 e. The van der Waals surface area contributed by atoms with Crippen LogP contribution in [0.25, 0.3) is 0 Å². The molecular weight excluding hydrogens is 308 g/mol. The van der Waals surface area contributed by atoms with E-state index in [9.17, 15) is 10.1 Å². The Morgan fingerprint density at radius 2 is 2.25 bits per heavy atom. The molecule has 0 spiro atoms. The van der Waals surface area contributed by atoms with Gasteiger partial charge in [-0.2, -0.15) is 5.26 Å². The summed E-state index contributed by atoms with van der Waals surface area (Å²) in [6.45, 7) is 2.52. The second-order valence-corrected chi connectivity index (χ2v) is 5.26. The van der Waals surface area contributed by atoms with E-state index < -0.39 is 5.92 Å². The predicted octanol–water partition coefficient (Wildman–Crippen LogP) is 1.78. The topological polar surface area (TPSA) is 114 Å². The first kappa shape index (κ1) is 15.6. The number of nitriles is 1. The lowest BCUT2D eigenvalue weighted by Crippen LogP contribution is -2.28. The van der Waals surface area contributed by atoms with Crippen LogP contribution in [0.5, 0.6) is 11.6 Å². The Hall–Kier alpha value is -3.27. The quantitative estimate of drug-likeness (QED) is 0.886. The van der Waals surface area contributed by atoms with Gasteiger partial charge in [-0.15, -0.1) is 0 Å². The van der Waals surface area contributed by atoms with Crippen molar-refractivity contribution in [3.05, 3.63) is 63.5 Å². The van der Waals surface area contributed by atoms with Gasteiger partial charge in [-0.05, 0) is 12.5 Å². The normalized spacial score (nSPS) is 16.1. The highest BCUT2D eigenvalue weighted by Gasteiger charge is 2.35. The zero-order valence-corrected chi connectivity index (χ0v) is 13.1. The Labute approximate surface area is 138 Å². The molecule has 24 heavy (non-hydrogen) atoms. The first-order valence-electron chi connectivity index (χ1n) is 7.54. The number of aromatic nitrogens is 2. The van der Waals surface area contributed by atoms with Gasteiger partial charge in [0, 0.05) is 5.56 Å². The van der Waals surface area contributed by atoms with E-state index in [1.807, 2.05) is 31.2 Å². The second kappa shape index (κ2) is 6.46. The summed E-state index contributed by atoms with van der Waals surface area (Å²) < 4.78 is 11.1. The van der Waals surface area contributed by atoms with E-state index in [1.165, 1.54) is 6.33 Å². The van der Waals surface area contributed by atoms with E-state index in [1.54, 1.807) is 6.07 Å². The van der Waals surface area contributed by atoms with Gasteiger partial charge in [0.1, 0.15) is 17.4 Å². The highest BCUT2D eigenvalue weighted by Crippen LogP contribution is 2.42. The Morgan fingerprint density at radius 3 is 3.00 bits per heavy atom. The Bertz CT molecular complexity index is 895. The zero-order valence-electron chi connectivity index (χ0n) is 13.1. The lowest BCUT2D eigenvalue weighted by atomic mass is 9.84. The molecule has 1 aromatic heterocycles. The molecule has 0 bridgehead atoms. The Kier molecular flexibility index (Phi) is 4.20. The van der Waals surface area contributed by atoms with Crippen molar-refractivity contribution in [3.8, 4) is 17.7 Å². The summed E-state index contributed by atoms with van der Waals surface area (Å²) in [6.07, 6.45) is 2.08. The maximum Gasteiger partial charge on any atom is 0.258 e. The van der Waals surface area contributed by atoms with Crippen molar-refractivity contribution in [2.45, 2.75) is 19.3 Å². The molecule has 0 amide bonds. The summed E-state index contributed by atoms with van der Waals surface area (Å²) in [5.74, 6) is -0.0470. The van der Waals surface area contributed by atoms with Crippen molar-refractivity contribution >= 4 is 0 Å². The fourth-order valence-electron chi connectivity index (χ4n) is 2.67. The van der Waals surface area contributed by atoms with E-state index in [0.29, 0.717) is 17.9 Å². The number of nitrogens with two attached hydrogens (primary N) is 1. The van der Waals surface area contributed by atoms with Crippen LogP contribution in [0.1, 0.15) is 30.4 Å². The van der Waals surface area contributed by atoms with Gasteiger partial charge in [0.2, 0.25) is 11.8 Å². The van der Waals surface area contributed by atoms with Crippen molar-refractivity contribution in [2.75, 3.05) is 6.61 Å². The van der Waals surface area contributed by atoms with Crippen molar-refractivity contribution in [2.24, 2.45) is 5.73 Å². The Morgan fingerprint density at radius 1 is 1.46 bits per heavy atom. The average molecular weight is 324 g/mol. The average Bonchev–Trinajstić information content (AvgIpc) is 2.59. The molecule has 1 atom stereocenters. The molecule has 0 fully saturated rings. The first-order valence-corrected chi connectivity index (χ1v) is 7.54. The summed E-state index contributed by atoms with van der Waals surface area (Å²) in [5.41, 5.74) is 6.58. The van der Waals surface area contributed by atoms with Gasteiger partial charge < -0.3 is 20.2 Å². The van der Waals surface area contributed by atoms with E-state index in [4.69, 9.17) is 15.2 Å². The first-order chi connectivity index (χ1) is 11.7. The second-order valence-electron chi connectivity index (χ2n) is 5.26. The Balaban J connectivity index is 2.23. The molecular formula is C17H16N4O3. The monoisotopic (exact) mass is 324 g/mol. The van der Waals surface area contributed by atoms with E-state index in [-0.39, 0.29) is 28.5 Å². The van der Waals surface area contributed by atoms with Crippen LogP contribution in [-0.4, -0.2) is 16.6 Å². The number of aromatic amines is 1. The molecule has 7 nitrogen and oxygen atoms in total. The zero-order chi connectivity index (χ0) is 17.1. The highest BCUT2D eigenvalue weighted by molar-refractivity contribution is 5.55. The molecule has 1 aliphatic heterocycles. The van der Waals surface area contributed by atoms with Crippen LogP contribution in [0.15, 0.2) is 46.8 Å². The summed E-state index contributed by atoms with van der Waals surface area (Å²) in [4.78, 5) is 18.9. The molecule has 1 aliphatic rings. The number of allylic oxidation sites excluding steroid dienone is 1. The maximum atomic E-state index is 12.4. The third-order valence-electron chi connectivity index (χ3n) is 3.71. The molecule has 7 heteroatoms. The molecule has 3 rings (SSSR count). The van der Waals surface area contributed by atoms with Crippen molar-refractivity contribution < 1.29 is 9.47 Å². The number of hydrogen-bond acceptors (Lipinski definition) is 6. The van der Waals surface area contributed by atoms with Crippen LogP contribution in [-0.2, 0) is 0 Å². The van der Waals surface area contributed by atoms with E-state index >= 15 is 0 Å². The molecule has 0 saturated carbocycles. The van der Waals surface area contributed by atoms with Gasteiger partial charge in [-0.25, -0.2) is 4.98 Å². The molecule has 0 saturated heterocycles. The number of para-hydroxylation sites is 1. The lowest BCUT2D eigenvalue weighted by Gasteiger charge is -2.25. The number of nitrogens with zero attached hydrogens (tertiary/aromatic N) is 2. The van der Waals surface area contributed by atoms with Gasteiger partial charge in [-0.3, -0.25) is 4.79 Å². The number of hydrogen-bond donors (Lipinski definition) is 2. The van der Waals surface area contributed by atoms with Gasteiger partial charge in [0.25, 0.3) is 5.56 Å². The summed E-state index contributed by atoms with van der Waals surface area (Å²) in [6, 6.07) is 9.31. The number of nitrogens with one attached hydrogen (secondary N) is 1. The van der Waals surface area contributed by atoms with Gasteiger partial charge in [-0.1, -0.05) is 25.1 Å². The number of fused-ring (bicyclic) bond motifs is 1. The third-order valence-corrected chi connectivity index (χ3v) is 3.71. The predicted molar refractivity (Wildman–Crippen MR) is 86.4 cm³/mol. The number of rotatable bonds is 4. The van der Waals surface area contributed by atoms with Crippen molar-refractivity contribution in [1.82, 2.24) is 9.97 Å². The molecule has 1 unspecified atom stereocenters. The van der Waals surface area contributed by atoms with Crippen LogP contribution in [0.2, 0.25) is 0 Å². The van der Waals surface area contributed by atoms with Crippen LogP contribution in [0, 0.1) is 11.3 Å². The van der Waals surface area contributed by atoms with Crippen LogP contribution < -0.4 is 20.8 Å². The molecule has 1 aromatic carbocycles. The number of ether oxygens (including phenoxy) is 2.